The van der Waals surface area contributed by atoms with Crippen LogP contribution in [0.3, 0.4) is 0 Å². The number of carbonyl (C=O) groups is 1. The molecule has 0 bridgehead atoms. The number of aromatic nitrogens is 2. The minimum Gasteiger partial charge on any atom is -0.508 e. The molecule has 0 saturated carbocycles. The van der Waals surface area contributed by atoms with Gasteiger partial charge in [-0.15, -0.1) is 11.3 Å². The second kappa shape index (κ2) is 6.62. The number of rotatable bonds is 5. The van der Waals surface area contributed by atoms with Crippen LogP contribution in [0.25, 0.3) is 11.5 Å². The Bertz CT molecular complexity index is 825. The summed E-state index contributed by atoms with van der Waals surface area (Å²) >= 11 is 1.51. The Morgan fingerprint density at radius 2 is 2.22 bits per heavy atom. The van der Waals surface area contributed by atoms with Gasteiger partial charge in [-0.3, -0.25) is 4.79 Å². The quantitative estimate of drug-likeness (QED) is 0.751. The third kappa shape index (κ3) is 3.57. The Labute approximate surface area is 136 Å². The van der Waals surface area contributed by atoms with E-state index in [9.17, 15) is 9.90 Å². The highest BCUT2D eigenvalue weighted by Crippen LogP contribution is 2.22. The van der Waals surface area contributed by atoms with Gasteiger partial charge in [0.25, 0.3) is 5.91 Å². The van der Waals surface area contributed by atoms with E-state index in [1.165, 1.54) is 11.3 Å². The van der Waals surface area contributed by atoms with Crippen molar-refractivity contribution in [3.05, 3.63) is 52.0 Å². The molecule has 23 heavy (non-hydrogen) atoms. The van der Waals surface area contributed by atoms with E-state index in [-0.39, 0.29) is 17.4 Å². The third-order valence-corrected chi connectivity index (χ3v) is 4.06. The van der Waals surface area contributed by atoms with E-state index >= 15 is 0 Å². The van der Waals surface area contributed by atoms with Crippen molar-refractivity contribution in [1.82, 2.24) is 15.5 Å². The van der Waals surface area contributed by atoms with Crippen LogP contribution in [0.1, 0.15) is 21.1 Å². The standard InChI is InChI=1S/C16H15N3O3S/c1-10-18-13(9-23-10)15-8-12(19-22-15)16(21)17-7-6-11-4-2-3-5-14(11)20/h2-5,8-9,20H,6-7H2,1H3,(H,17,21). The summed E-state index contributed by atoms with van der Waals surface area (Å²) in [4.78, 5) is 16.3. The number of para-hydroxylation sites is 1. The topological polar surface area (TPSA) is 88.2 Å². The van der Waals surface area contributed by atoms with Crippen LogP contribution in [0.5, 0.6) is 5.75 Å². The van der Waals surface area contributed by atoms with Crippen molar-refractivity contribution in [3.63, 3.8) is 0 Å². The normalized spacial score (nSPS) is 10.7. The number of nitrogens with zero attached hydrogens (tertiary/aromatic N) is 2. The van der Waals surface area contributed by atoms with E-state index in [2.05, 4.69) is 15.5 Å². The van der Waals surface area contributed by atoms with Crippen LogP contribution in [0.2, 0.25) is 0 Å². The predicted molar refractivity (Wildman–Crippen MR) is 86.5 cm³/mol. The zero-order valence-corrected chi connectivity index (χ0v) is 13.3. The maximum absolute atomic E-state index is 12.1. The monoisotopic (exact) mass is 329 g/mol. The summed E-state index contributed by atoms with van der Waals surface area (Å²) in [5.74, 6) is 0.381. The summed E-state index contributed by atoms with van der Waals surface area (Å²) < 4.78 is 5.16. The molecule has 2 aromatic heterocycles. The van der Waals surface area contributed by atoms with Crippen LogP contribution >= 0.6 is 11.3 Å². The molecule has 0 radical (unpaired) electrons. The summed E-state index contributed by atoms with van der Waals surface area (Å²) in [6.07, 6.45) is 0.536. The van der Waals surface area contributed by atoms with Gasteiger partial charge >= 0.3 is 0 Å². The molecule has 0 fully saturated rings. The molecule has 118 valence electrons. The average Bonchev–Trinajstić information content (AvgIpc) is 3.18. The highest BCUT2D eigenvalue weighted by Gasteiger charge is 2.15. The zero-order chi connectivity index (χ0) is 16.2. The van der Waals surface area contributed by atoms with E-state index < -0.39 is 0 Å². The van der Waals surface area contributed by atoms with Gasteiger partial charge in [0.15, 0.2) is 11.5 Å². The maximum atomic E-state index is 12.1. The van der Waals surface area contributed by atoms with Crippen molar-refractivity contribution in [1.29, 1.82) is 0 Å². The number of benzene rings is 1. The van der Waals surface area contributed by atoms with Crippen LogP contribution in [0, 0.1) is 6.92 Å². The van der Waals surface area contributed by atoms with Crippen molar-refractivity contribution in [2.75, 3.05) is 6.54 Å². The van der Waals surface area contributed by atoms with Gasteiger partial charge in [0, 0.05) is 18.0 Å². The largest absolute Gasteiger partial charge is 0.508 e. The molecule has 1 aromatic carbocycles. The highest BCUT2D eigenvalue weighted by atomic mass is 32.1. The first-order valence-corrected chi connectivity index (χ1v) is 7.96. The number of phenols is 1. The second-order valence-electron chi connectivity index (χ2n) is 4.96. The minimum absolute atomic E-state index is 0.211. The van der Waals surface area contributed by atoms with Crippen LogP contribution in [0.4, 0.5) is 0 Å². The molecule has 0 spiro atoms. The Hall–Kier alpha value is -2.67. The number of nitrogens with one attached hydrogen (secondary N) is 1. The summed E-state index contributed by atoms with van der Waals surface area (Å²) in [6.45, 7) is 2.30. The van der Waals surface area contributed by atoms with Gasteiger partial charge in [0.05, 0.1) is 5.01 Å². The first-order valence-electron chi connectivity index (χ1n) is 7.08. The van der Waals surface area contributed by atoms with Crippen LogP contribution < -0.4 is 5.32 Å². The van der Waals surface area contributed by atoms with Crippen molar-refractivity contribution < 1.29 is 14.4 Å². The van der Waals surface area contributed by atoms with Crippen molar-refractivity contribution in [3.8, 4) is 17.2 Å². The Balaban J connectivity index is 1.59. The fourth-order valence-corrected chi connectivity index (χ4v) is 2.71. The van der Waals surface area contributed by atoms with Gasteiger partial charge in [0.2, 0.25) is 0 Å². The molecule has 0 aliphatic heterocycles. The summed E-state index contributed by atoms with van der Waals surface area (Å²) in [6, 6.07) is 8.62. The molecule has 2 N–H and O–H groups in total. The number of aromatic hydroxyl groups is 1. The number of amides is 1. The molecule has 0 unspecified atom stereocenters. The van der Waals surface area contributed by atoms with Gasteiger partial charge in [-0.05, 0) is 25.0 Å². The zero-order valence-electron chi connectivity index (χ0n) is 12.4. The fraction of sp³-hybridized carbons (Fsp3) is 0.188. The molecular formula is C16H15N3O3S. The van der Waals surface area contributed by atoms with Gasteiger partial charge in [0.1, 0.15) is 11.4 Å². The van der Waals surface area contributed by atoms with E-state index in [4.69, 9.17) is 4.52 Å². The van der Waals surface area contributed by atoms with Crippen molar-refractivity contribution >= 4 is 17.2 Å². The first kappa shape index (κ1) is 15.2. The van der Waals surface area contributed by atoms with Crippen molar-refractivity contribution in [2.24, 2.45) is 0 Å². The lowest BCUT2D eigenvalue weighted by Gasteiger charge is -2.04. The predicted octanol–water partition coefficient (Wildman–Crippen LogP) is 2.78. The van der Waals surface area contributed by atoms with E-state index in [0.717, 1.165) is 10.6 Å². The highest BCUT2D eigenvalue weighted by molar-refractivity contribution is 7.09. The second-order valence-corrected chi connectivity index (χ2v) is 6.03. The molecule has 0 atom stereocenters. The summed E-state index contributed by atoms with van der Waals surface area (Å²) in [7, 11) is 0. The fourth-order valence-electron chi connectivity index (χ4n) is 2.10. The van der Waals surface area contributed by atoms with Gasteiger partial charge in [-0.25, -0.2) is 4.98 Å². The molecule has 3 aromatic rings. The molecular weight excluding hydrogens is 314 g/mol. The van der Waals surface area contributed by atoms with E-state index in [1.54, 1.807) is 18.2 Å². The van der Waals surface area contributed by atoms with Crippen molar-refractivity contribution in [2.45, 2.75) is 13.3 Å². The third-order valence-electron chi connectivity index (χ3n) is 3.29. The summed E-state index contributed by atoms with van der Waals surface area (Å²) in [5.41, 5.74) is 1.67. The molecule has 6 nitrogen and oxygen atoms in total. The molecule has 0 aliphatic rings. The maximum Gasteiger partial charge on any atom is 0.273 e. The van der Waals surface area contributed by atoms with Gasteiger partial charge < -0.3 is 14.9 Å². The van der Waals surface area contributed by atoms with E-state index in [1.807, 2.05) is 24.4 Å². The smallest absolute Gasteiger partial charge is 0.273 e. The van der Waals surface area contributed by atoms with E-state index in [0.29, 0.717) is 24.4 Å². The number of hydrogen-bond acceptors (Lipinski definition) is 6. The lowest BCUT2D eigenvalue weighted by Crippen LogP contribution is -2.25. The molecule has 3 rings (SSSR count). The van der Waals surface area contributed by atoms with Crippen LogP contribution in [-0.4, -0.2) is 27.7 Å². The number of aryl methyl sites for hydroxylation is 1. The number of hydrogen-bond donors (Lipinski definition) is 2. The lowest BCUT2D eigenvalue weighted by molar-refractivity contribution is 0.0945. The number of thiazole rings is 1. The number of phenolic OH excluding ortho intramolecular Hbond substituents is 1. The van der Waals surface area contributed by atoms with Gasteiger partial charge in [-0.1, -0.05) is 23.4 Å². The van der Waals surface area contributed by atoms with Crippen LogP contribution in [-0.2, 0) is 6.42 Å². The Kier molecular flexibility index (Phi) is 4.38. The van der Waals surface area contributed by atoms with Crippen LogP contribution in [0.15, 0.2) is 40.2 Å². The molecule has 2 heterocycles. The minimum atomic E-state index is -0.317. The first-order chi connectivity index (χ1) is 11.1. The Morgan fingerprint density at radius 3 is 2.96 bits per heavy atom. The molecule has 0 saturated heterocycles. The molecule has 1 amide bonds. The van der Waals surface area contributed by atoms with Gasteiger partial charge in [-0.2, -0.15) is 0 Å². The average molecular weight is 329 g/mol. The SMILES string of the molecule is Cc1nc(-c2cc(C(=O)NCCc3ccccc3O)no2)cs1. The Morgan fingerprint density at radius 1 is 1.39 bits per heavy atom. The molecule has 7 heteroatoms. The lowest BCUT2D eigenvalue weighted by atomic mass is 10.1. The summed E-state index contributed by atoms with van der Waals surface area (Å²) in [5, 5.41) is 19.0. The molecule has 0 aliphatic carbocycles. The number of carbonyl (C=O) groups excluding carboxylic acids is 1.